The minimum atomic E-state index is -0.0126. The van der Waals surface area contributed by atoms with E-state index in [9.17, 15) is 4.79 Å². The number of hydrogen-bond donors (Lipinski definition) is 0. The van der Waals surface area contributed by atoms with E-state index in [1.165, 1.54) is 5.56 Å². The number of carbonyl (C=O) groups excluding carboxylic acids is 1. The Bertz CT molecular complexity index is 385. The Hall–Kier alpha value is -1.31. The Kier molecular flexibility index (Phi) is 1.37. The molecule has 0 radical (unpaired) electrons. The van der Waals surface area contributed by atoms with E-state index in [1.54, 1.807) is 0 Å². The highest BCUT2D eigenvalue weighted by molar-refractivity contribution is 5.82. The van der Waals surface area contributed by atoms with Gasteiger partial charge in [0.25, 0.3) is 0 Å². The second-order valence-corrected chi connectivity index (χ2v) is 4.36. The maximum Gasteiger partial charge on any atom is 0.310 e. The normalized spacial score (nSPS) is 39.1. The summed E-state index contributed by atoms with van der Waals surface area (Å²) < 4.78 is 4.99. The van der Waals surface area contributed by atoms with Crippen molar-refractivity contribution in [3.05, 3.63) is 35.9 Å². The first-order chi connectivity index (χ1) is 6.74. The highest BCUT2D eigenvalue weighted by Gasteiger charge is 2.70. The first-order valence-corrected chi connectivity index (χ1v) is 4.97. The average molecular weight is 188 g/mol. The highest BCUT2D eigenvalue weighted by Crippen LogP contribution is 2.63. The molecule has 2 aliphatic rings. The highest BCUT2D eigenvalue weighted by atomic mass is 16.5. The molecule has 2 fully saturated rings. The lowest BCUT2D eigenvalue weighted by Gasteiger charge is -2.14. The van der Waals surface area contributed by atoms with E-state index < -0.39 is 0 Å². The Morgan fingerprint density at radius 1 is 1.36 bits per heavy atom. The molecule has 1 aliphatic carbocycles. The van der Waals surface area contributed by atoms with Crippen molar-refractivity contribution in [2.75, 3.05) is 6.61 Å². The van der Waals surface area contributed by atoms with Gasteiger partial charge in [0.05, 0.1) is 12.5 Å². The molecule has 0 amide bonds. The van der Waals surface area contributed by atoms with Gasteiger partial charge in [-0.25, -0.2) is 0 Å². The molecule has 1 saturated heterocycles. The second kappa shape index (κ2) is 2.38. The Balaban J connectivity index is 1.99. The second-order valence-electron chi connectivity index (χ2n) is 4.36. The molecule has 3 rings (SSSR count). The third kappa shape index (κ3) is 0.788. The molecule has 14 heavy (non-hydrogen) atoms. The van der Waals surface area contributed by atoms with Crippen LogP contribution in [0.5, 0.6) is 0 Å². The van der Waals surface area contributed by atoms with Crippen LogP contribution in [0.1, 0.15) is 12.5 Å². The molecular weight excluding hydrogens is 176 g/mol. The van der Waals surface area contributed by atoms with Crippen molar-refractivity contribution in [3.8, 4) is 0 Å². The fraction of sp³-hybridized carbons (Fsp3) is 0.417. The van der Waals surface area contributed by atoms with Crippen molar-refractivity contribution in [2.24, 2.45) is 11.8 Å². The molecule has 1 heterocycles. The van der Waals surface area contributed by atoms with Crippen molar-refractivity contribution in [1.82, 2.24) is 0 Å². The summed E-state index contributed by atoms with van der Waals surface area (Å²) in [5, 5.41) is 0. The van der Waals surface area contributed by atoms with Crippen LogP contribution in [0.25, 0.3) is 0 Å². The van der Waals surface area contributed by atoms with Gasteiger partial charge in [-0.2, -0.15) is 0 Å². The first kappa shape index (κ1) is 8.04. The van der Waals surface area contributed by atoms with E-state index in [-0.39, 0.29) is 17.3 Å². The van der Waals surface area contributed by atoms with E-state index in [2.05, 4.69) is 19.1 Å². The lowest BCUT2D eigenvalue weighted by Crippen LogP contribution is -2.17. The number of cyclic esters (lactones) is 1. The monoisotopic (exact) mass is 188 g/mol. The summed E-state index contributed by atoms with van der Waals surface area (Å²) in [5.41, 5.74) is 1.32. The summed E-state index contributed by atoms with van der Waals surface area (Å²) in [7, 11) is 0. The van der Waals surface area contributed by atoms with Crippen LogP contribution < -0.4 is 0 Å². The van der Waals surface area contributed by atoms with Gasteiger partial charge in [0, 0.05) is 11.3 Å². The fourth-order valence-corrected chi connectivity index (χ4v) is 2.73. The summed E-state index contributed by atoms with van der Waals surface area (Å²) in [6.45, 7) is 2.77. The maximum absolute atomic E-state index is 11.4. The van der Waals surface area contributed by atoms with Crippen LogP contribution >= 0.6 is 0 Å². The maximum atomic E-state index is 11.4. The first-order valence-electron chi connectivity index (χ1n) is 4.97. The van der Waals surface area contributed by atoms with Gasteiger partial charge in [-0.05, 0) is 5.56 Å². The molecule has 0 bridgehead atoms. The number of fused-ring (bicyclic) bond motifs is 1. The Labute approximate surface area is 82.9 Å². The number of benzene rings is 1. The smallest absolute Gasteiger partial charge is 0.310 e. The number of carbonyl (C=O) groups is 1. The number of esters is 1. The van der Waals surface area contributed by atoms with Crippen LogP contribution in [0, 0.1) is 11.8 Å². The van der Waals surface area contributed by atoms with E-state index in [0.717, 1.165) is 0 Å². The third-order valence-corrected chi connectivity index (χ3v) is 3.76. The summed E-state index contributed by atoms with van der Waals surface area (Å²) >= 11 is 0. The molecule has 0 aromatic heterocycles. The predicted molar refractivity (Wildman–Crippen MR) is 51.7 cm³/mol. The molecule has 0 N–H and O–H groups in total. The summed E-state index contributed by atoms with van der Waals surface area (Å²) in [6.07, 6.45) is 0. The van der Waals surface area contributed by atoms with Crippen LogP contribution in [-0.4, -0.2) is 12.6 Å². The van der Waals surface area contributed by atoms with Crippen molar-refractivity contribution in [1.29, 1.82) is 0 Å². The van der Waals surface area contributed by atoms with Gasteiger partial charge in [0.2, 0.25) is 0 Å². The molecule has 72 valence electrons. The van der Waals surface area contributed by atoms with E-state index in [1.807, 2.05) is 18.2 Å². The number of hydrogen-bond acceptors (Lipinski definition) is 2. The molecule has 1 aromatic rings. The molecule has 0 spiro atoms. The van der Waals surface area contributed by atoms with Crippen molar-refractivity contribution in [2.45, 2.75) is 12.3 Å². The Morgan fingerprint density at radius 2 is 2.07 bits per heavy atom. The number of ether oxygens (including phenoxy) is 1. The lowest BCUT2D eigenvalue weighted by molar-refractivity contribution is -0.142. The van der Waals surface area contributed by atoms with Crippen molar-refractivity contribution in [3.63, 3.8) is 0 Å². The molecule has 3 atom stereocenters. The summed E-state index contributed by atoms with van der Waals surface area (Å²) in [5.74, 6) is 0.517. The SMILES string of the molecule is C[C@@]1(c2ccccc2)[C@@H]2COC(=O)[C@@H]21. The zero-order chi connectivity index (χ0) is 9.76. The minimum absolute atomic E-state index is 0.0126. The molecule has 1 saturated carbocycles. The van der Waals surface area contributed by atoms with Gasteiger partial charge >= 0.3 is 5.97 Å². The van der Waals surface area contributed by atoms with Gasteiger partial charge in [0.1, 0.15) is 0 Å². The van der Waals surface area contributed by atoms with E-state index in [0.29, 0.717) is 12.5 Å². The summed E-state index contributed by atoms with van der Waals surface area (Å²) in [4.78, 5) is 11.4. The minimum Gasteiger partial charge on any atom is -0.465 e. The van der Waals surface area contributed by atoms with Gasteiger partial charge in [-0.15, -0.1) is 0 Å². The quantitative estimate of drug-likeness (QED) is 0.627. The van der Waals surface area contributed by atoms with E-state index >= 15 is 0 Å². The number of rotatable bonds is 1. The van der Waals surface area contributed by atoms with Crippen LogP contribution in [0.4, 0.5) is 0 Å². The van der Waals surface area contributed by atoms with Gasteiger partial charge in [-0.3, -0.25) is 4.79 Å². The third-order valence-electron chi connectivity index (χ3n) is 3.76. The molecular formula is C12H12O2. The molecule has 1 aromatic carbocycles. The van der Waals surface area contributed by atoms with Gasteiger partial charge in [0.15, 0.2) is 0 Å². The zero-order valence-electron chi connectivity index (χ0n) is 8.07. The van der Waals surface area contributed by atoms with Crippen LogP contribution in [0.2, 0.25) is 0 Å². The van der Waals surface area contributed by atoms with Crippen LogP contribution in [0.3, 0.4) is 0 Å². The standard InChI is InChI=1S/C12H12O2/c1-12(8-5-3-2-4-6-8)9-7-14-11(13)10(9)12/h2-6,9-10H,7H2,1H3/t9-,10-,12-/m1/s1. The fourth-order valence-electron chi connectivity index (χ4n) is 2.73. The molecule has 2 nitrogen and oxygen atoms in total. The van der Waals surface area contributed by atoms with Crippen LogP contribution in [0.15, 0.2) is 30.3 Å². The lowest BCUT2D eigenvalue weighted by atomic mass is 9.93. The van der Waals surface area contributed by atoms with Crippen molar-refractivity contribution < 1.29 is 9.53 Å². The predicted octanol–water partition coefficient (Wildman–Crippen LogP) is 1.75. The average Bonchev–Trinajstić information content (AvgIpc) is 2.61. The van der Waals surface area contributed by atoms with Gasteiger partial charge in [-0.1, -0.05) is 37.3 Å². The van der Waals surface area contributed by atoms with Gasteiger partial charge < -0.3 is 4.74 Å². The molecule has 0 unspecified atom stereocenters. The Morgan fingerprint density at radius 3 is 2.64 bits per heavy atom. The van der Waals surface area contributed by atoms with Crippen molar-refractivity contribution >= 4 is 5.97 Å². The summed E-state index contributed by atoms with van der Waals surface area (Å²) in [6, 6.07) is 10.3. The molecule has 2 heteroatoms. The molecule has 1 aliphatic heterocycles. The van der Waals surface area contributed by atoms with E-state index in [4.69, 9.17) is 4.74 Å². The van der Waals surface area contributed by atoms with Crippen LogP contribution in [-0.2, 0) is 14.9 Å². The topological polar surface area (TPSA) is 26.3 Å². The zero-order valence-corrected chi connectivity index (χ0v) is 8.07. The largest absolute Gasteiger partial charge is 0.465 e.